The molecule has 0 radical (unpaired) electrons. The lowest BCUT2D eigenvalue weighted by molar-refractivity contribution is 0.0677. The van der Waals surface area contributed by atoms with Crippen LogP contribution in [0.5, 0.6) is 0 Å². The number of carbonyl (C=O) groups excluding carboxylic acids is 1. The number of nitrogens with two attached hydrogens (primary N) is 1. The Labute approximate surface area is 129 Å². The molecule has 2 aromatic heterocycles. The van der Waals surface area contributed by atoms with Gasteiger partial charge in [0, 0.05) is 37.4 Å². The Kier molecular flexibility index (Phi) is 4.29. The summed E-state index contributed by atoms with van der Waals surface area (Å²) < 4.78 is 7.50. The summed E-state index contributed by atoms with van der Waals surface area (Å²) in [7, 11) is 0. The zero-order valence-corrected chi connectivity index (χ0v) is 12.9. The molecule has 6 heteroatoms. The van der Waals surface area contributed by atoms with E-state index in [1.165, 1.54) is 5.69 Å². The highest BCUT2D eigenvalue weighted by molar-refractivity contribution is 5.91. The molecule has 118 valence electrons. The van der Waals surface area contributed by atoms with Crippen LogP contribution in [0.25, 0.3) is 0 Å². The average Bonchev–Trinajstić information content (AvgIpc) is 3.23. The Morgan fingerprint density at radius 1 is 1.36 bits per heavy atom. The lowest BCUT2D eigenvalue weighted by atomic mass is 9.93. The van der Waals surface area contributed by atoms with Crippen LogP contribution in [0.4, 0.5) is 0 Å². The van der Waals surface area contributed by atoms with Gasteiger partial charge in [-0.1, -0.05) is 0 Å². The number of hydrogen-bond donors (Lipinski definition) is 1. The van der Waals surface area contributed by atoms with Crippen LogP contribution in [0.1, 0.15) is 47.7 Å². The molecule has 1 amide bonds. The smallest absolute Gasteiger partial charge is 0.289 e. The van der Waals surface area contributed by atoms with Crippen LogP contribution in [-0.4, -0.2) is 33.7 Å². The second-order valence-corrected chi connectivity index (χ2v) is 5.61. The Morgan fingerprint density at radius 2 is 2.14 bits per heavy atom. The molecule has 0 saturated carbocycles. The highest BCUT2D eigenvalue weighted by atomic mass is 16.4. The third-order valence-electron chi connectivity index (χ3n) is 4.32. The number of carbonyl (C=O) groups is 1. The van der Waals surface area contributed by atoms with Crippen molar-refractivity contribution in [2.24, 2.45) is 5.73 Å². The minimum atomic E-state index is -0.0397. The number of nitrogens with zero attached hydrogens (tertiary/aromatic N) is 3. The third kappa shape index (κ3) is 2.78. The van der Waals surface area contributed by atoms with Gasteiger partial charge in [0.05, 0.1) is 6.54 Å². The number of piperidine rings is 1. The fraction of sp³-hybridized carbons (Fsp3) is 0.500. The first-order valence-corrected chi connectivity index (χ1v) is 7.82. The molecule has 6 nitrogen and oxygen atoms in total. The average molecular weight is 302 g/mol. The van der Waals surface area contributed by atoms with Crippen LogP contribution in [0.2, 0.25) is 0 Å². The number of aromatic nitrogens is 2. The van der Waals surface area contributed by atoms with Crippen LogP contribution in [-0.2, 0) is 13.1 Å². The summed E-state index contributed by atoms with van der Waals surface area (Å²) in [6, 6.07) is 5.56. The maximum Gasteiger partial charge on any atom is 0.289 e. The normalized spacial score (nSPS) is 16.2. The molecule has 0 bridgehead atoms. The largest absolute Gasteiger partial charge is 0.455 e. The van der Waals surface area contributed by atoms with Gasteiger partial charge in [0.2, 0.25) is 0 Å². The van der Waals surface area contributed by atoms with Crippen molar-refractivity contribution >= 4 is 5.91 Å². The minimum absolute atomic E-state index is 0.0397. The maximum absolute atomic E-state index is 12.4. The molecule has 3 heterocycles. The van der Waals surface area contributed by atoms with E-state index in [0.717, 1.165) is 32.5 Å². The molecule has 2 N–H and O–H groups in total. The van der Waals surface area contributed by atoms with E-state index in [1.807, 2.05) is 15.8 Å². The monoisotopic (exact) mass is 302 g/mol. The fourth-order valence-corrected chi connectivity index (χ4v) is 3.09. The highest BCUT2D eigenvalue weighted by Gasteiger charge is 2.27. The molecule has 3 rings (SSSR count). The van der Waals surface area contributed by atoms with E-state index < -0.39 is 0 Å². The van der Waals surface area contributed by atoms with Crippen molar-refractivity contribution in [1.82, 2.24) is 14.7 Å². The molecule has 1 fully saturated rings. The zero-order valence-electron chi connectivity index (χ0n) is 12.9. The van der Waals surface area contributed by atoms with E-state index in [2.05, 4.69) is 18.1 Å². The highest BCUT2D eigenvalue weighted by Crippen LogP contribution is 2.28. The number of amides is 1. The van der Waals surface area contributed by atoms with E-state index >= 15 is 0 Å². The Morgan fingerprint density at radius 3 is 2.77 bits per heavy atom. The summed E-state index contributed by atoms with van der Waals surface area (Å²) in [5.74, 6) is 1.47. The molecule has 0 spiro atoms. The molecule has 1 saturated heterocycles. The molecule has 22 heavy (non-hydrogen) atoms. The first-order chi connectivity index (χ1) is 10.7. The first-order valence-electron chi connectivity index (χ1n) is 7.82. The van der Waals surface area contributed by atoms with Gasteiger partial charge in [-0.15, -0.1) is 0 Å². The van der Waals surface area contributed by atoms with Gasteiger partial charge in [0.15, 0.2) is 5.76 Å². The summed E-state index contributed by atoms with van der Waals surface area (Å²) in [4.78, 5) is 14.3. The van der Waals surface area contributed by atoms with Crippen molar-refractivity contribution in [3.63, 3.8) is 0 Å². The molecule has 0 unspecified atom stereocenters. The maximum atomic E-state index is 12.4. The van der Waals surface area contributed by atoms with Gasteiger partial charge < -0.3 is 15.1 Å². The van der Waals surface area contributed by atoms with Crippen LogP contribution in [0.15, 0.2) is 28.8 Å². The second kappa shape index (κ2) is 6.36. The van der Waals surface area contributed by atoms with Crippen LogP contribution in [0.3, 0.4) is 0 Å². The molecule has 2 aromatic rings. The summed E-state index contributed by atoms with van der Waals surface area (Å²) in [5, 5.41) is 4.33. The van der Waals surface area contributed by atoms with Crippen molar-refractivity contribution in [1.29, 1.82) is 0 Å². The molecule has 1 aliphatic heterocycles. The van der Waals surface area contributed by atoms with Crippen LogP contribution in [0, 0.1) is 0 Å². The van der Waals surface area contributed by atoms with Gasteiger partial charge >= 0.3 is 0 Å². The summed E-state index contributed by atoms with van der Waals surface area (Å²) in [5.41, 5.74) is 6.79. The van der Waals surface area contributed by atoms with E-state index in [4.69, 9.17) is 10.2 Å². The second-order valence-electron chi connectivity index (χ2n) is 5.61. The van der Waals surface area contributed by atoms with E-state index in [-0.39, 0.29) is 5.91 Å². The lowest BCUT2D eigenvalue weighted by Crippen LogP contribution is -2.38. The van der Waals surface area contributed by atoms with Crippen molar-refractivity contribution < 1.29 is 9.21 Å². The Hall–Kier alpha value is -2.08. The number of rotatable bonds is 4. The Balaban J connectivity index is 1.63. The van der Waals surface area contributed by atoms with Gasteiger partial charge in [-0.2, -0.15) is 5.10 Å². The minimum Gasteiger partial charge on any atom is -0.455 e. The molecular formula is C16H22N4O2. The molecule has 0 atom stereocenters. The zero-order chi connectivity index (χ0) is 15.5. The predicted octanol–water partition coefficient (Wildman–Crippen LogP) is 1.97. The predicted molar refractivity (Wildman–Crippen MR) is 82.4 cm³/mol. The van der Waals surface area contributed by atoms with Crippen molar-refractivity contribution in [3.8, 4) is 0 Å². The van der Waals surface area contributed by atoms with E-state index in [1.54, 1.807) is 12.1 Å². The molecule has 0 aliphatic carbocycles. The van der Waals surface area contributed by atoms with Crippen LogP contribution >= 0.6 is 0 Å². The van der Waals surface area contributed by atoms with Gasteiger partial charge in [-0.25, -0.2) is 0 Å². The lowest BCUT2D eigenvalue weighted by Gasteiger charge is -2.31. The first kappa shape index (κ1) is 14.8. The van der Waals surface area contributed by atoms with Gasteiger partial charge in [-0.05, 0) is 38.0 Å². The fourth-order valence-electron chi connectivity index (χ4n) is 3.09. The van der Waals surface area contributed by atoms with Crippen molar-refractivity contribution in [2.75, 3.05) is 13.1 Å². The van der Waals surface area contributed by atoms with Crippen molar-refractivity contribution in [3.05, 3.63) is 41.6 Å². The van der Waals surface area contributed by atoms with E-state index in [9.17, 15) is 4.79 Å². The van der Waals surface area contributed by atoms with Crippen LogP contribution < -0.4 is 5.73 Å². The summed E-state index contributed by atoms with van der Waals surface area (Å²) in [6.45, 7) is 4.79. The summed E-state index contributed by atoms with van der Waals surface area (Å²) in [6.07, 6.45) is 3.78. The molecule has 0 aromatic carbocycles. The number of aryl methyl sites for hydroxylation is 1. The van der Waals surface area contributed by atoms with Gasteiger partial charge in [0.25, 0.3) is 5.91 Å². The summed E-state index contributed by atoms with van der Waals surface area (Å²) >= 11 is 0. The number of likely N-dealkylation sites (tertiary alicyclic amines) is 1. The van der Waals surface area contributed by atoms with Crippen molar-refractivity contribution in [2.45, 2.75) is 38.8 Å². The van der Waals surface area contributed by atoms with Gasteiger partial charge in [0.1, 0.15) is 5.76 Å². The number of furan rings is 1. The standard InChI is InChI=1S/C16H22N4O2/c1-2-20-14(5-8-18-20)12-6-9-19(10-7-12)16(21)15-4-3-13(11-17)22-15/h3-5,8,12H,2,6-7,9-11,17H2,1H3. The topological polar surface area (TPSA) is 77.3 Å². The third-order valence-corrected chi connectivity index (χ3v) is 4.32. The quantitative estimate of drug-likeness (QED) is 0.936. The molecular weight excluding hydrogens is 280 g/mol. The SMILES string of the molecule is CCn1nccc1C1CCN(C(=O)c2ccc(CN)o2)CC1. The van der Waals surface area contributed by atoms with Gasteiger partial charge in [-0.3, -0.25) is 9.48 Å². The molecule has 1 aliphatic rings. The Bertz CT molecular complexity index is 638. The number of hydrogen-bond acceptors (Lipinski definition) is 4. The van der Waals surface area contributed by atoms with E-state index in [0.29, 0.717) is 24.0 Å².